The van der Waals surface area contributed by atoms with Crippen molar-refractivity contribution in [3.63, 3.8) is 0 Å². The molecule has 0 spiro atoms. The molecule has 1 aliphatic heterocycles. The summed E-state index contributed by atoms with van der Waals surface area (Å²) in [6.45, 7) is 6.95. The molecule has 0 saturated carbocycles. The lowest BCUT2D eigenvalue weighted by Gasteiger charge is -2.43. The fraction of sp³-hybridized carbons (Fsp3) is 0.455. The summed E-state index contributed by atoms with van der Waals surface area (Å²) in [5, 5.41) is 0. The average molecular weight is 340 g/mol. The fourth-order valence-electron chi connectivity index (χ4n) is 4.52. The van der Waals surface area contributed by atoms with Crippen LogP contribution in [-0.4, -0.2) is 24.8 Å². The van der Waals surface area contributed by atoms with Crippen molar-refractivity contribution < 1.29 is 0 Å². The molecule has 1 aliphatic carbocycles. The monoisotopic (exact) mass is 339 g/mol. The van der Waals surface area contributed by atoms with Gasteiger partial charge in [0.15, 0.2) is 0 Å². The third kappa shape index (κ3) is 2.30. The van der Waals surface area contributed by atoms with Crippen LogP contribution in [0.4, 0.5) is 5.69 Å². The van der Waals surface area contributed by atoms with E-state index in [1.165, 1.54) is 17.7 Å². The van der Waals surface area contributed by atoms with Gasteiger partial charge in [-0.25, -0.2) is 0 Å². The lowest BCUT2D eigenvalue weighted by molar-refractivity contribution is 0.589. The largest absolute Gasteiger partial charge is 0.330 e. The molecule has 0 radical (unpaired) electrons. The van der Waals surface area contributed by atoms with Crippen molar-refractivity contribution >= 4 is 15.9 Å². The number of hydrogen-bond acceptors (Lipinski definition) is 1. The van der Waals surface area contributed by atoms with Crippen LogP contribution < -0.4 is 4.31 Å². The summed E-state index contributed by atoms with van der Waals surface area (Å²) in [4.78, 5) is 0. The zero-order chi connectivity index (χ0) is 17.3. The van der Waals surface area contributed by atoms with Crippen LogP contribution in [0.15, 0.2) is 42.5 Å². The van der Waals surface area contributed by atoms with Crippen molar-refractivity contribution in [1.29, 1.82) is 0 Å². The Hall–Kier alpha value is -1.41. The second-order valence-electron chi connectivity index (χ2n) is 9.07. The van der Waals surface area contributed by atoms with Crippen LogP contribution in [0.5, 0.6) is 0 Å². The highest BCUT2D eigenvalue weighted by molar-refractivity contribution is 8.33. The van der Waals surface area contributed by atoms with Gasteiger partial charge in [0.2, 0.25) is 0 Å². The van der Waals surface area contributed by atoms with Crippen molar-refractivity contribution in [3.8, 4) is 0 Å². The Morgan fingerprint density at radius 1 is 0.958 bits per heavy atom. The van der Waals surface area contributed by atoms with Gasteiger partial charge in [-0.2, -0.15) is 10.2 Å². The van der Waals surface area contributed by atoms with Gasteiger partial charge in [0.1, 0.15) is 0 Å². The smallest absolute Gasteiger partial charge is 0.0540 e. The van der Waals surface area contributed by atoms with E-state index in [2.05, 4.69) is 86.3 Å². The fourth-order valence-corrected chi connectivity index (χ4v) is 6.28. The Kier molecular flexibility index (Phi) is 3.38. The molecule has 2 aromatic carbocycles. The van der Waals surface area contributed by atoms with Crippen LogP contribution in [0, 0.1) is 0 Å². The number of nitrogens with zero attached hydrogens (tertiary/aromatic N) is 1. The molecule has 0 saturated heterocycles. The highest BCUT2D eigenvalue weighted by atomic mass is 32.3. The van der Waals surface area contributed by atoms with E-state index in [4.69, 9.17) is 0 Å². The summed E-state index contributed by atoms with van der Waals surface area (Å²) in [5.74, 6) is 0.547. The minimum Gasteiger partial charge on any atom is -0.330 e. The highest BCUT2D eigenvalue weighted by Gasteiger charge is 2.47. The molecule has 2 atom stereocenters. The zero-order valence-electron chi connectivity index (χ0n) is 15.8. The van der Waals surface area contributed by atoms with Crippen molar-refractivity contribution in [2.24, 2.45) is 0 Å². The topological polar surface area (TPSA) is 3.24 Å². The molecular weight excluding hydrogens is 310 g/mol. The summed E-state index contributed by atoms with van der Waals surface area (Å²) >= 11 is 0. The molecule has 128 valence electrons. The summed E-state index contributed by atoms with van der Waals surface area (Å²) in [6, 6.07) is 16.9. The Morgan fingerprint density at radius 3 is 2.33 bits per heavy atom. The van der Waals surface area contributed by atoms with E-state index in [1.807, 2.05) is 0 Å². The standard InChI is InChI=1S/C22H29NS/c1-22(2,3)16-11-12-19-18(14-16)21-17-10-8-7-9-15(17)13-20(21)23(19)24(4,5)6/h7-12,14,20-21H,13H2,1-6H3. The minimum atomic E-state index is -0.803. The molecule has 0 amide bonds. The molecule has 2 unspecified atom stereocenters. The molecule has 2 heteroatoms. The molecular formula is C22H29NS. The van der Waals surface area contributed by atoms with Crippen LogP contribution in [0.25, 0.3) is 0 Å². The molecule has 0 bridgehead atoms. The van der Waals surface area contributed by atoms with E-state index in [-0.39, 0.29) is 5.41 Å². The predicted molar refractivity (Wildman–Crippen MR) is 109 cm³/mol. The highest BCUT2D eigenvalue weighted by Crippen LogP contribution is 2.59. The summed E-state index contributed by atoms with van der Waals surface area (Å²) in [7, 11) is -0.803. The second kappa shape index (κ2) is 5.05. The van der Waals surface area contributed by atoms with Crippen molar-refractivity contribution in [2.75, 3.05) is 23.1 Å². The quantitative estimate of drug-likeness (QED) is 0.666. The second-order valence-corrected chi connectivity index (χ2v) is 13.0. The summed E-state index contributed by atoms with van der Waals surface area (Å²) < 4.78 is 2.76. The predicted octanol–water partition coefficient (Wildman–Crippen LogP) is 5.47. The van der Waals surface area contributed by atoms with Crippen molar-refractivity contribution in [1.82, 2.24) is 0 Å². The average Bonchev–Trinajstić information content (AvgIpc) is 2.98. The van der Waals surface area contributed by atoms with Gasteiger partial charge in [0, 0.05) is 11.6 Å². The molecule has 0 fully saturated rings. The van der Waals surface area contributed by atoms with Crippen LogP contribution in [-0.2, 0) is 11.8 Å². The van der Waals surface area contributed by atoms with Crippen molar-refractivity contribution in [3.05, 3.63) is 64.7 Å². The maximum atomic E-state index is 2.76. The first-order valence-electron chi connectivity index (χ1n) is 8.88. The Morgan fingerprint density at radius 2 is 1.67 bits per heavy atom. The van der Waals surface area contributed by atoms with Gasteiger partial charge >= 0.3 is 0 Å². The molecule has 1 nitrogen and oxygen atoms in total. The number of benzene rings is 2. The molecule has 0 N–H and O–H groups in total. The molecule has 0 aromatic heterocycles. The Balaban J connectivity index is 1.93. The van der Waals surface area contributed by atoms with Crippen LogP contribution in [0.1, 0.15) is 48.9 Å². The summed E-state index contributed by atoms with van der Waals surface area (Å²) in [6.07, 6.45) is 8.48. The van der Waals surface area contributed by atoms with Crippen LogP contribution in [0.3, 0.4) is 0 Å². The van der Waals surface area contributed by atoms with Gasteiger partial charge in [0.05, 0.1) is 6.04 Å². The maximum Gasteiger partial charge on any atom is 0.0540 e. The first-order valence-corrected chi connectivity index (χ1v) is 11.7. The molecule has 4 rings (SSSR count). The van der Waals surface area contributed by atoms with Gasteiger partial charge in [-0.05, 0) is 58.9 Å². The SMILES string of the molecule is CC(C)(C)c1ccc2c(c1)C1c3ccccc3CC1N2S(C)(C)C. The van der Waals surface area contributed by atoms with Gasteiger partial charge < -0.3 is 4.31 Å². The van der Waals surface area contributed by atoms with E-state index >= 15 is 0 Å². The van der Waals surface area contributed by atoms with E-state index in [9.17, 15) is 0 Å². The lowest BCUT2D eigenvalue weighted by atomic mass is 9.83. The van der Waals surface area contributed by atoms with Gasteiger partial charge in [-0.15, -0.1) is 0 Å². The molecule has 2 aromatic rings. The summed E-state index contributed by atoms with van der Waals surface area (Å²) in [5.41, 5.74) is 7.80. The third-order valence-electron chi connectivity index (χ3n) is 5.56. The van der Waals surface area contributed by atoms with Gasteiger partial charge in [-0.3, -0.25) is 0 Å². The number of hydrogen-bond donors (Lipinski definition) is 0. The van der Waals surface area contributed by atoms with Gasteiger partial charge in [0.25, 0.3) is 0 Å². The van der Waals surface area contributed by atoms with E-state index < -0.39 is 10.2 Å². The number of anilines is 1. The van der Waals surface area contributed by atoms with Crippen LogP contribution >= 0.6 is 10.2 Å². The molecule has 1 heterocycles. The third-order valence-corrected chi connectivity index (χ3v) is 7.21. The number of fused-ring (bicyclic) bond motifs is 5. The van der Waals surface area contributed by atoms with E-state index in [1.54, 1.807) is 16.7 Å². The first-order chi connectivity index (χ1) is 11.2. The molecule has 2 aliphatic rings. The Labute approximate surface area is 148 Å². The normalized spacial score (nSPS) is 23.0. The zero-order valence-corrected chi connectivity index (χ0v) is 16.6. The number of rotatable bonds is 1. The van der Waals surface area contributed by atoms with E-state index in [0.29, 0.717) is 12.0 Å². The minimum absolute atomic E-state index is 0.199. The molecule has 24 heavy (non-hydrogen) atoms. The first kappa shape index (κ1) is 16.1. The van der Waals surface area contributed by atoms with E-state index in [0.717, 1.165) is 0 Å². The maximum absolute atomic E-state index is 2.76. The lowest BCUT2D eigenvalue weighted by Crippen LogP contribution is -2.34. The van der Waals surface area contributed by atoms with Crippen molar-refractivity contribution in [2.45, 2.75) is 44.6 Å². The van der Waals surface area contributed by atoms with Crippen LogP contribution in [0.2, 0.25) is 0 Å². The Bertz CT molecular complexity index is 794. The van der Waals surface area contributed by atoms with Gasteiger partial charge in [-0.1, -0.05) is 57.2 Å².